The zero-order chi connectivity index (χ0) is 15.4. The van der Waals surface area contributed by atoms with E-state index >= 15 is 0 Å². The van der Waals surface area contributed by atoms with E-state index in [2.05, 4.69) is 46.1 Å². The Morgan fingerprint density at radius 3 is 2.67 bits per heavy atom. The molecule has 0 bridgehead atoms. The van der Waals surface area contributed by atoms with Gasteiger partial charge in [-0.3, -0.25) is 10.1 Å². The van der Waals surface area contributed by atoms with Crippen molar-refractivity contribution < 1.29 is 4.92 Å². The highest BCUT2D eigenvalue weighted by Gasteiger charge is 2.17. The van der Waals surface area contributed by atoms with Gasteiger partial charge in [-0.1, -0.05) is 22.0 Å². The Morgan fingerprint density at radius 1 is 1.38 bits per heavy atom. The molecule has 4 nitrogen and oxygen atoms in total. The van der Waals surface area contributed by atoms with Crippen LogP contribution in [0.4, 0.5) is 11.4 Å². The highest BCUT2D eigenvalue weighted by Crippen LogP contribution is 2.29. The molecule has 0 radical (unpaired) electrons. The largest absolute Gasteiger partial charge is 0.364 e. The van der Waals surface area contributed by atoms with E-state index in [1.165, 1.54) is 4.88 Å². The van der Waals surface area contributed by atoms with Gasteiger partial charge >= 0.3 is 0 Å². The molecule has 0 fully saturated rings. The van der Waals surface area contributed by atoms with Crippen LogP contribution in [0.25, 0.3) is 0 Å². The van der Waals surface area contributed by atoms with Crippen molar-refractivity contribution in [3.8, 4) is 0 Å². The van der Waals surface area contributed by atoms with Gasteiger partial charge in [0, 0.05) is 33.6 Å². The molecule has 0 aliphatic carbocycles. The number of hydrogen-bond donors (Lipinski definition) is 0. The van der Waals surface area contributed by atoms with Crippen LogP contribution in [0.5, 0.6) is 0 Å². The van der Waals surface area contributed by atoms with Gasteiger partial charge in [0.05, 0.1) is 11.5 Å². The summed E-state index contributed by atoms with van der Waals surface area (Å²) in [5, 5.41) is 13.6. The molecule has 6 heteroatoms. The number of benzene rings is 1. The average Bonchev–Trinajstić information content (AvgIpc) is 2.96. The standard InChI is InChI=1S/C15H17BrN2O2S/c1-11(2)17(10-14-4-3-7-21-14)13-5-6-15(18(19)20)12(8-13)9-16/h3-8,11H,9-10H2,1-2H3. The fourth-order valence-electron chi connectivity index (χ4n) is 2.18. The quantitative estimate of drug-likeness (QED) is 0.410. The van der Waals surface area contributed by atoms with E-state index in [4.69, 9.17) is 0 Å². The van der Waals surface area contributed by atoms with Gasteiger partial charge in [0.2, 0.25) is 0 Å². The predicted molar refractivity (Wildman–Crippen MR) is 91.4 cm³/mol. The molecule has 0 N–H and O–H groups in total. The zero-order valence-electron chi connectivity index (χ0n) is 12.0. The van der Waals surface area contributed by atoms with Crippen LogP contribution in [-0.4, -0.2) is 11.0 Å². The van der Waals surface area contributed by atoms with E-state index in [1.807, 2.05) is 18.2 Å². The molecule has 2 rings (SSSR count). The lowest BCUT2D eigenvalue weighted by atomic mass is 10.1. The van der Waals surface area contributed by atoms with Crippen LogP contribution in [0.3, 0.4) is 0 Å². The summed E-state index contributed by atoms with van der Waals surface area (Å²) >= 11 is 5.06. The second-order valence-electron chi connectivity index (χ2n) is 5.00. The lowest BCUT2D eigenvalue weighted by Gasteiger charge is -2.29. The fourth-order valence-corrected chi connectivity index (χ4v) is 3.33. The molecule has 1 aromatic heterocycles. The average molecular weight is 369 g/mol. The third-order valence-corrected chi connectivity index (χ3v) is 4.73. The van der Waals surface area contributed by atoms with Crippen LogP contribution in [-0.2, 0) is 11.9 Å². The van der Waals surface area contributed by atoms with E-state index in [-0.39, 0.29) is 10.6 Å². The van der Waals surface area contributed by atoms with Crippen molar-refractivity contribution in [2.75, 3.05) is 4.90 Å². The van der Waals surface area contributed by atoms with Crippen molar-refractivity contribution in [1.29, 1.82) is 0 Å². The van der Waals surface area contributed by atoms with Crippen LogP contribution >= 0.6 is 27.3 Å². The molecule has 0 atom stereocenters. The summed E-state index contributed by atoms with van der Waals surface area (Å²) in [6.45, 7) is 5.07. The molecule has 0 aliphatic rings. The normalized spacial score (nSPS) is 10.9. The summed E-state index contributed by atoms with van der Waals surface area (Å²) in [4.78, 5) is 14.2. The minimum absolute atomic E-state index is 0.162. The Hall–Kier alpha value is -1.40. The van der Waals surface area contributed by atoms with Crippen molar-refractivity contribution in [3.63, 3.8) is 0 Å². The Labute approximate surface area is 136 Å². The van der Waals surface area contributed by atoms with E-state index < -0.39 is 0 Å². The lowest BCUT2D eigenvalue weighted by Crippen LogP contribution is -2.29. The first-order valence-corrected chi connectivity index (χ1v) is 8.65. The minimum atomic E-state index is -0.334. The lowest BCUT2D eigenvalue weighted by molar-refractivity contribution is -0.385. The number of thiophene rings is 1. The minimum Gasteiger partial charge on any atom is -0.364 e. The van der Waals surface area contributed by atoms with Crippen molar-refractivity contribution >= 4 is 38.6 Å². The number of nitrogens with zero attached hydrogens (tertiary/aromatic N) is 2. The van der Waals surface area contributed by atoms with Crippen LogP contribution in [0.1, 0.15) is 24.3 Å². The highest BCUT2D eigenvalue weighted by atomic mass is 79.9. The second kappa shape index (κ2) is 7.04. The van der Waals surface area contributed by atoms with E-state index in [1.54, 1.807) is 17.4 Å². The molecule has 112 valence electrons. The van der Waals surface area contributed by atoms with Gasteiger partial charge in [0.15, 0.2) is 0 Å². The summed E-state index contributed by atoms with van der Waals surface area (Å²) in [6.07, 6.45) is 0. The number of alkyl halides is 1. The smallest absolute Gasteiger partial charge is 0.273 e. The maximum absolute atomic E-state index is 11.0. The molecule has 1 aromatic carbocycles. The summed E-state index contributed by atoms with van der Waals surface area (Å²) < 4.78 is 0. The number of rotatable bonds is 6. The molecule has 0 spiro atoms. The fraction of sp³-hybridized carbons (Fsp3) is 0.333. The maximum Gasteiger partial charge on any atom is 0.273 e. The SMILES string of the molecule is CC(C)N(Cc1cccs1)c1ccc([N+](=O)[O-])c(CBr)c1. The molecular formula is C15H17BrN2O2S. The van der Waals surface area contributed by atoms with Crippen molar-refractivity contribution in [2.24, 2.45) is 0 Å². The Balaban J connectivity index is 2.34. The number of anilines is 1. The third-order valence-electron chi connectivity index (χ3n) is 3.27. The monoisotopic (exact) mass is 368 g/mol. The van der Waals surface area contributed by atoms with Gasteiger partial charge in [0.25, 0.3) is 5.69 Å². The van der Waals surface area contributed by atoms with Gasteiger partial charge in [-0.15, -0.1) is 11.3 Å². The highest BCUT2D eigenvalue weighted by molar-refractivity contribution is 9.08. The zero-order valence-corrected chi connectivity index (χ0v) is 14.4. The van der Waals surface area contributed by atoms with Crippen molar-refractivity contribution in [3.05, 3.63) is 56.3 Å². The molecule has 0 amide bonds. The third kappa shape index (κ3) is 3.83. The Morgan fingerprint density at radius 2 is 2.14 bits per heavy atom. The van der Waals surface area contributed by atoms with Crippen LogP contribution in [0, 0.1) is 10.1 Å². The molecule has 0 unspecified atom stereocenters. The van der Waals surface area contributed by atoms with E-state index in [9.17, 15) is 10.1 Å². The molecule has 0 saturated carbocycles. The maximum atomic E-state index is 11.0. The van der Waals surface area contributed by atoms with E-state index in [0.29, 0.717) is 16.9 Å². The molecular weight excluding hydrogens is 352 g/mol. The Kier molecular flexibility index (Phi) is 5.36. The molecule has 1 heterocycles. The molecule has 2 aromatic rings. The first-order valence-electron chi connectivity index (χ1n) is 6.65. The summed E-state index contributed by atoms with van der Waals surface area (Å²) in [6, 6.07) is 9.79. The van der Waals surface area contributed by atoms with Gasteiger partial charge in [-0.05, 0) is 37.4 Å². The summed E-state index contributed by atoms with van der Waals surface area (Å²) in [7, 11) is 0. The van der Waals surface area contributed by atoms with Gasteiger partial charge < -0.3 is 4.90 Å². The first kappa shape index (κ1) is 16.0. The van der Waals surface area contributed by atoms with Gasteiger partial charge in [-0.25, -0.2) is 0 Å². The van der Waals surface area contributed by atoms with Crippen LogP contribution in [0.2, 0.25) is 0 Å². The second-order valence-corrected chi connectivity index (χ2v) is 6.60. The first-order chi connectivity index (χ1) is 10.0. The Bertz CT molecular complexity index is 614. The van der Waals surface area contributed by atoms with Gasteiger partial charge in [-0.2, -0.15) is 0 Å². The molecule has 0 saturated heterocycles. The number of hydrogen-bond acceptors (Lipinski definition) is 4. The molecule has 21 heavy (non-hydrogen) atoms. The summed E-state index contributed by atoms with van der Waals surface area (Å²) in [5.74, 6) is 0. The number of halogens is 1. The van der Waals surface area contributed by atoms with Crippen molar-refractivity contribution in [1.82, 2.24) is 0 Å². The van der Waals surface area contributed by atoms with Gasteiger partial charge in [0.1, 0.15) is 0 Å². The van der Waals surface area contributed by atoms with Crippen LogP contribution < -0.4 is 4.90 Å². The number of nitro benzene ring substituents is 1. The van der Waals surface area contributed by atoms with Crippen LogP contribution in [0.15, 0.2) is 35.7 Å². The predicted octanol–water partition coefficient (Wildman–Crippen LogP) is 4.97. The van der Waals surface area contributed by atoms with E-state index in [0.717, 1.165) is 12.2 Å². The number of nitro groups is 1. The topological polar surface area (TPSA) is 46.4 Å². The summed E-state index contributed by atoms with van der Waals surface area (Å²) in [5.41, 5.74) is 1.88. The molecule has 0 aliphatic heterocycles. The van der Waals surface area contributed by atoms with Crippen molar-refractivity contribution in [2.45, 2.75) is 31.8 Å².